The minimum atomic E-state index is -2.04. The minimum absolute atomic E-state index is 0.0521. The summed E-state index contributed by atoms with van der Waals surface area (Å²) in [6.07, 6.45) is 0. The Morgan fingerprint density at radius 1 is 1.42 bits per heavy atom. The Balaban J connectivity index is 2.32. The second kappa shape index (κ2) is 6.68. The number of carbonyl (C=O) groups is 1. The number of hydrogen-bond acceptors (Lipinski definition) is 5. The van der Waals surface area contributed by atoms with Crippen LogP contribution in [0.2, 0.25) is 0 Å². The number of methoxy groups -OCH3 is 1. The number of ether oxygens (including phenoxy) is 1. The van der Waals surface area contributed by atoms with E-state index < -0.39 is 29.0 Å². The Hall–Kier alpha value is -2.48. The van der Waals surface area contributed by atoms with E-state index in [1.165, 1.54) is 17.8 Å². The molecule has 26 heavy (non-hydrogen) atoms. The van der Waals surface area contributed by atoms with Crippen LogP contribution in [0.25, 0.3) is 5.83 Å². The van der Waals surface area contributed by atoms with E-state index in [-0.39, 0.29) is 22.4 Å². The molecule has 1 aliphatic carbocycles. The zero-order valence-corrected chi connectivity index (χ0v) is 14.8. The molecule has 3 rings (SSSR count). The Kier molecular flexibility index (Phi) is 4.70. The highest BCUT2D eigenvalue weighted by Crippen LogP contribution is 2.54. The van der Waals surface area contributed by atoms with E-state index in [1.54, 1.807) is 12.3 Å². The molecule has 1 spiro atoms. The zero-order valence-electron chi connectivity index (χ0n) is 14.0. The number of thioether (sulfide) groups is 1. The molecular formula is C18H15F3N2O2S. The number of aliphatic imine (C=N–C) groups is 1. The van der Waals surface area contributed by atoms with Gasteiger partial charge in [0.1, 0.15) is 11.7 Å². The summed E-state index contributed by atoms with van der Waals surface area (Å²) < 4.78 is 48.1. The Labute approximate surface area is 152 Å². The quantitative estimate of drug-likeness (QED) is 0.803. The van der Waals surface area contributed by atoms with Gasteiger partial charge in [0, 0.05) is 16.8 Å². The monoisotopic (exact) mass is 380 g/mol. The molecular weight excluding hydrogens is 365 g/mol. The van der Waals surface area contributed by atoms with Gasteiger partial charge in [0.25, 0.3) is 0 Å². The van der Waals surface area contributed by atoms with E-state index in [1.807, 2.05) is 0 Å². The maximum atomic E-state index is 15.2. The molecule has 0 fully saturated rings. The van der Waals surface area contributed by atoms with E-state index in [0.717, 1.165) is 19.2 Å². The van der Waals surface area contributed by atoms with Crippen molar-refractivity contribution in [1.82, 2.24) is 5.32 Å². The normalized spacial score (nSPS) is 21.5. The minimum Gasteiger partial charge on any atom is -0.466 e. The number of rotatable bonds is 4. The van der Waals surface area contributed by atoms with Crippen LogP contribution in [-0.2, 0) is 15.1 Å². The van der Waals surface area contributed by atoms with Crippen molar-refractivity contribution in [3.63, 3.8) is 0 Å². The van der Waals surface area contributed by atoms with Gasteiger partial charge in [-0.1, -0.05) is 12.6 Å². The van der Waals surface area contributed by atoms with Crippen LogP contribution >= 0.6 is 11.8 Å². The SMILES string of the molecule is C=CSCC1=NC2(C(F)=C(F)c3cc(F)ccc32)C(C(=O)OC)=C(C)N1. The average molecular weight is 380 g/mol. The molecule has 0 saturated heterocycles. The van der Waals surface area contributed by atoms with E-state index in [4.69, 9.17) is 4.74 Å². The molecule has 2 aliphatic rings. The molecule has 1 N–H and O–H groups in total. The van der Waals surface area contributed by atoms with Crippen LogP contribution in [0.3, 0.4) is 0 Å². The molecule has 1 heterocycles. The summed E-state index contributed by atoms with van der Waals surface area (Å²) >= 11 is 1.30. The van der Waals surface area contributed by atoms with Crippen molar-refractivity contribution in [2.24, 2.45) is 4.99 Å². The molecule has 0 bridgehead atoms. The van der Waals surface area contributed by atoms with E-state index in [0.29, 0.717) is 11.6 Å². The van der Waals surface area contributed by atoms with Crippen LogP contribution in [0.5, 0.6) is 0 Å². The van der Waals surface area contributed by atoms with Gasteiger partial charge in [-0.05, 0) is 24.5 Å². The highest BCUT2D eigenvalue weighted by molar-refractivity contribution is 8.02. The van der Waals surface area contributed by atoms with Gasteiger partial charge in [-0.2, -0.15) is 0 Å². The fourth-order valence-corrected chi connectivity index (χ4v) is 3.62. The number of amidine groups is 1. The predicted molar refractivity (Wildman–Crippen MR) is 95.2 cm³/mol. The highest BCUT2D eigenvalue weighted by atomic mass is 32.2. The van der Waals surface area contributed by atoms with Gasteiger partial charge in [0.05, 0.1) is 18.4 Å². The molecule has 1 unspecified atom stereocenters. The fourth-order valence-electron chi connectivity index (χ4n) is 3.21. The topological polar surface area (TPSA) is 50.7 Å². The standard InChI is InChI=1S/C18H15F3N2O2S/c1-4-26-8-13-22-9(2)14(17(24)25-3)18(23-13)12-6-5-10(19)7-11(12)15(20)16(18)21/h4-7H,1,8H2,2-3H3,(H,22,23). The molecule has 0 saturated carbocycles. The van der Waals surface area contributed by atoms with Crippen LogP contribution in [0.1, 0.15) is 18.1 Å². The largest absolute Gasteiger partial charge is 0.466 e. The lowest BCUT2D eigenvalue weighted by Gasteiger charge is -2.34. The number of carbonyl (C=O) groups excluding carboxylic acids is 1. The van der Waals surface area contributed by atoms with E-state index in [9.17, 15) is 13.6 Å². The maximum absolute atomic E-state index is 15.2. The molecule has 0 radical (unpaired) electrons. The Bertz CT molecular complexity index is 908. The lowest BCUT2D eigenvalue weighted by molar-refractivity contribution is -0.137. The van der Waals surface area contributed by atoms with Crippen LogP contribution in [0.15, 0.2) is 52.3 Å². The van der Waals surface area contributed by atoms with Crippen LogP contribution in [0.4, 0.5) is 13.2 Å². The molecule has 0 aromatic heterocycles. The molecule has 1 aromatic rings. The van der Waals surface area contributed by atoms with Gasteiger partial charge in [0.15, 0.2) is 17.2 Å². The summed E-state index contributed by atoms with van der Waals surface area (Å²) in [5.41, 5.74) is -2.14. The average Bonchev–Trinajstić information content (AvgIpc) is 2.81. The first-order valence-electron chi connectivity index (χ1n) is 7.60. The smallest absolute Gasteiger partial charge is 0.338 e. The first-order valence-corrected chi connectivity index (χ1v) is 8.65. The third kappa shape index (κ3) is 2.56. The van der Waals surface area contributed by atoms with Crippen molar-refractivity contribution in [3.05, 3.63) is 64.2 Å². The third-order valence-corrected chi connectivity index (χ3v) is 4.89. The number of hydrogen-bond donors (Lipinski definition) is 1. The number of esters is 1. The van der Waals surface area contributed by atoms with Gasteiger partial charge >= 0.3 is 5.97 Å². The zero-order chi connectivity index (χ0) is 19.1. The number of halogens is 3. The molecule has 0 amide bonds. The summed E-state index contributed by atoms with van der Waals surface area (Å²) in [6, 6.07) is 3.20. The molecule has 1 aromatic carbocycles. The molecule has 4 nitrogen and oxygen atoms in total. The van der Waals surface area contributed by atoms with Crippen LogP contribution < -0.4 is 5.32 Å². The Morgan fingerprint density at radius 2 is 2.15 bits per heavy atom. The molecule has 1 aliphatic heterocycles. The van der Waals surface area contributed by atoms with Gasteiger partial charge in [-0.3, -0.25) is 0 Å². The number of nitrogens with zero attached hydrogens (tertiary/aromatic N) is 1. The van der Waals surface area contributed by atoms with Crippen molar-refractivity contribution >= 4 is 29.4 Å². The number of fused-ring (bicyclic) bond motifs is 2. The highest BCUT2D eigenvalue weighted by Gasteiger charge is 2.55. The van der Waals surface area contributed by atoms with Crippen molar-refractivity contribution in [3.8, 4) is 0 Å². The first-order chi connectivity index (χ1) is 12.4. The first kappa shape index (κ1) is 18.3. The second-order valence-electron chi connectivity index (χ2n) is 5.68. The van der Waals surface area contributed by atoms with E-state index in [2.05, 4.69) is 16.9 Å². The molecule has 8 heteroatoms. The summed E-state index contributed by atoms with van der Waals surface area (Å²) in [4.78, 5) is 16.7. The van der Waals surface area contributed by atoms with Crippen molar-refractivity contribution < 1.29 is 22.7 Å². The van der Waals surface area contributed by atoms with Gasteiger partial charge < -0.3 is 10.1 Å². The van der Waals surface area contributed by atoms with E-state index >= 15 is 4.39 Å². The summed E-state index contributed by atoms with van der Waals surface area (Å²) in [7, 11) is 1.14. The third-order valence-electron chi connectivity index (χ3n) is 4.22. The van der Waals surface area contributed by atoms with Crippen molar-refractivity contribution in [2.75, 3.05) is 12.9 Å². The number of allylic oxidation sites excluding steroid dienone is 1. The molecule has 136 valence electrons. The van der Waals surface area contributed by atoms with Gasteiger partial charge in [-0.25, -0.2) is 23.0 Å². The summed E-state index contributed by atoms with van der Waals surface area (Å²) in [5, 5.41) is 4.50. The summed E-state index contributed by atoms with van der Waals surface area (Å²) in [6.45, 7) is 5.14. The van der Waals surface area contributed by atoms with Crippen molar-refractivity contribution in [2.45, 2.75) is 12.5 Å². The predicted octanol–water partition coefficient (Wildman–Crippen LogP) is 3.97. The number of nitrogens with one attached hydrogen (secondary N) is 1. The van der Waals surface area contributed by atoms with Crippen LogP contribution in [-0.4, -0.2) is 24.7 Å². The van der Waals surface area contributed by atoms with Crippen molar-refractivity contribution in [1.29, 1.82) is 0 Å². The second-order valence-corrected chi connectivity index (χ2v) is 6.64. The maximum Gasteiger partial charge on any atom is 0.338 e. The van der Waals surface area contributed by atoms with Gasteiger partial charge in [-0.15, -0.1) is 11.8 Å². The fraction of sp³-hybridized carbons (Fsp3) is 0.222. The summed E-state index contributed by atoms with van der Waals surface area (Å²) in [5.74, 6) is -3.43. The molecule has 1 atom stereocenters. The Morgan fingerprint density at radius 3 is 2.81 bits per heavy atom. The van der Waals surface area contributed by atoms with Gasteiger partial charge in [0.2, 0.25) is 0 Å². The lowest BCUT2D eigenvalue weighted by Crippen LogP contribution is -2.42. The number of benzene rings is 1. The van der Waals surface area contributed by atoms with Crippen LogP contribution in [0, 0.1) is 5.82 Å². The lowest BCUT2D eigenvalue weighted by atomic mass is 9.81.